The van der Waals surface area contributed by atoms with Crippen LogP contribution in [0.4, 0.5) is 0 Å². The Labute approximate surface area is 123 Å². The molecule has 3 N–H and O–H groups in total. The van der Waals surface area contributed by atoms with Gasteiger partial charge in [0.1, 0.15) is 5.75 Å². The summed E-state index contributed by atoms with van der Waals surface area (Å²) in [4.78, 5) is 0. The highest BCUT2D eigenvalue weighted by atomic mass is 16.5. The number of ether oxygens (including phenoxy) is 1. The third kappa shape index (κ3) is 5.93. The Kier molecular flexibility index (Phi) is 8.31. The van der Waals surface area contributed by atoms with Crippen molar-refractivity contribution in [2.45, 2.75) is 45.4 Å². The van der Waals surface area contributed by atoms with Crippen molar-refractivity contribution in [2.24, 2.45) is 11.7 Å². The molecule has 0 radical (unpaired) electrons. The molecule has 0 saturated heterocycles. The summed E-state index contributed by atoms with van der Waals surface area (Å²) in [5.74, 6) is 1.54. The summed E-state index contributed by atoms with van der Waals surface area (Å²) in [6.45, 7) is 5.87. The number of unbranched alkanes of at least 4 members (excludes halogenated alkanes) is 2. The SMILES string of the molecule is CCCCCOc1ccc(C(C)CC(CN)CO)cc1. The normalized spacial score (nSPS) is 14.0. The predicted molar refractivity (Wildman–Crippen MR) is 84.1 cm³/mol. The highest BCUT2D eigenvalue weighted by Crippen LogP contribution is 2.25. The van der Waals surface area contributed by atoms with Crippen LogP contribution in [0.2, 0.25) is 0 Å². The molecule has 20 heavy (non-hydrogen) atoms. The Balaban J connectivity index is 2.44. The molecule has 1 aromatic carbocycles. The van der Waals surface area contributed by atoms with Gasteiger partial charge in [-0.25, -0.2) is 0 Å². The van der Waals surface area contributed by atoms with Gasteiger partial charge in [0.15, 0.2) is 0 Å². The van der Waals surface area contributed by atoms with Gasteiger partial charge in [0.25, 0.3) is 0 Å². The summed E-state index contributed by atoms with van der Waals surface area (Å²) in [7, 11) is 0. The second-order valence-corrected chi connectivity index (χ2v) is 5.55. The summed E-state index contributed by atoms with van der Waals surface area (Å²) >= 11 is 0. The minimum Gasteiger partial charge on any atom is -0.494 e. The number of rotatable bonds is 10. The maximum absolute atomic E-state index is 9.21. The van der Waals surface area contributed by atoms with Crippen LogP contribution in [0.3, 0.4) is 0 Å². The number of nitrogens with two attached hydrogens (primary N) is 1. The van der Waals surface area contributed by atoms with Gasteiger partial charge >= 0.3 is 0 Å². The molecule has 0 amide bonds. The number of hydrogen-bond donors (Lipinski definition) is 2. The van der Waals surface area contributed by atoms with Crippen molar-refractivity contribution in [1.29, 1.82) is 0 Å². The van der Waals surface area contributed by atoms with E-state index in [0.29, 0.717) is 12.5 Å². The molecule has 114 valence electrons. The fourth-order valence-electron chi connectivity index (χ4n) is 2.32. The zero-order valence-electron chi connectivity index (χ0n) is 12.8. The third-order valence-corrected chi connectivity index (χ3v) is 3.74. The van der Waals surface area contributed by atoms with E-state index in [1.54, 1.807) is 0 Å². The van der Waals surface area contributed by atoms with Crippen molar-refractivity contribution >= 4 is 0 Å². The second kappa shape index (κ2) is 9.78. The van der Waals surface area contributed by atoms with E-state index in [2.05, 4.69) is 26.0 Å². The predicted octanol–water partition coefficient (Wildman–Crippen LogP) is 3.32. The lowest BCUT2D eigenvalue weighted by molar-refractivity contribution is 0.217. The van der Waals surface area contributed by atoms with Gasteiger partial charge < -0.3 is 15.6 Å². The molecule has 0 heterocycles. The van der Waals surface area contributed by atoms with Crippen molar-refractivity contribution < 1.29 is 9.84 Å². The molecule has 0 saturated carbocycles. The first-order chi connectivity index (χ1) is 9.71. The van der Waals surface area contributed by atoms with Crippen molar-refractivity contribution in [3.63, 3.8) is 0 Å². The minimum atomic E-state index is 0.166. The topological polar surface area (TPSA) is 55.5 Å². The van der Waals surface area contributed by atoms with Crippen molar-refractivity contribution in [3.05, 3.63) is 29.8 Å². The molecule has 0 aliphatic rings. The number of benzene rings is 1. The summed E-state index contributed by atoms with van der Waals surface area (Å²) in [6, 6.07) is 8.30. The highest BCUT2D eigenvalue weighted by Gasteiger charge is 2.12. The summed E-state index contributed by atoms with van der Waals surface area (Å²) in [5.41, 5.74) is 6.91. The summed E-state index contributed by atoms with van der Waals surface area (Å²) in [5, 5.41) is 9.21. The van der Waals surface area contributed by atoms with E-state index in [1.807, 2.05) is 12.1 Å². The van der Waals surface area contributed by atoms with E-state index in [1.165, 1.54) is 18.4 Å². The van der Waals surface area contributed by atoms with Gasteiger partial charge in [-0.3, -0.25) is 0 Å². The Morgan fingerprint density at radius 3 is 2.45 bits per heavy atom. The lowest BCUT2D eigenvalue weighted by atomic mass is 9.90. The van der Waals surface area contributed by atoms with E-state index >= 15 is 0 Å². The summed E-state index contributed by atoms with van der Waals surface area (Å²) in [6.07, 6.45) is 4.47. The zero-order valence-corrected chi connectivity index (χ0v) is 12.8. The van der Waals surface area contributed by atoms with Crippen LogP contribution >= 0.6 is 0 Å². The Morgan fingerprint density at radius 1 is 1.20 bits per heavy atom. The second-order valence-electron chi connectivity index (χ2n) is 5.55. The van der Waals surface area contributed by atoms with Gasteiger partial charge in [0, 0.05) is 6.61 Å². The van der Waals surface area contributed by atoms with E-state index in [0.717, 1.165) is 25.2 Å². The first-order valence-corrected chi connectivity index (χ1v) is 7.74. The smallest absolute Gasteiger partial charge is 0.119 e. The van der Waals surface area contributed by atoms with Gasteiger partial charge in [0.2, 0.25) is 0 Å². The summed E-state index contributed by atoms with van der Waals surface area (Å²) < 4.78 is 5.71. The van der Waals surface area contributed by atoms with Crippen LogP contribution in [0, 0.1) is 5.92 Å². The van der Waals surface area contributed by atoms with E-state index < -0.39 is 0 Å². The lowest BCUT2D eigenvalue weighted by Gasteiger charge is -2.18. The number of aliphatic hydroxyl groups excluding tert-OH is 1. The quantitative estimate of drug-likeness (QED) is 0.646. The van der Waals surface area contributed by atoms with E-state index in [-0.39, 0.29) is 12.5 Å². The fraction of sp³-hybridized carbons (Fsp3) is 0.647. The zero-order chi connectivity index (χ0) is 14.8. The largest absolute Gasteiger partial charge is 0.494 e. The molecular formula is C17H29NO2. The standard InChI is InChI=1S/C17H29NO2/c1-3-4-5-10-20-17-8-6-16(7-9-17)14(2)11-15(12-18)13-19/h6-9,14-15,19H,3-5,10-13,18H2,1-2H3. The maximum atomic E-state index is 9.21. The highest BCUT2D eigenvalue weighted by molar-refractivity contribution is 5.29. The average Bonchev–Trinajstić information content (AvgIpc) is 2.49. The van der Waals surface area contributed by atoms with Gasteiger partial charge in [-0.05, 0) is 48.9 Å². The van der Waals surface area contributed by atoms with Crippen LogP contribution in [0.5, 0.6) is 5.75 Å². The van der Waals surface area contributed by atoms with Gasteiger partial charge in [0.05, 0.1) is 6.61 Å². The van der Waals surface area contributed by atoms with Crippen molar-refractivity contribution in [3.8, 4) is 5.75 Å². The molecule has 0 fully saturated rings. The molecule has 1 aromatic rings. The number of aliphatic hydroxyl groups is 1. The molecule has 0 bridgehead atoms. The Bertz CT molecular complexity index is 347. The van der Waals surface area contributed by atoms with Crippen molar-refractivity contribution in [1.82, 2.24) is 0 Å². The maximum Gasteiger partial charge on any atom is 0.119 e. The Morgan fingerprint density at radius 2 is 1.90 bits per heavy atom. The first kappa shape index (κ1) is 17.0. The molecule has 3 nitrogen and oxygen atoms in total. The van der Waals surface area contributed by atoms with Crippen LogP contribution < -0.4 is 10.5 Å². The fourth-order valence-corrected chi connectivity index (χ4v) is 2.32. The number of hydrogen-bond acceptors (Lipinski definition) is 3. The van der Waals surface area contributed by atoms with Gasteiger partial charge in [-0.2, -0.15) is 0 Å². The van der Waals surface area contributed by atoms with Gasteiger partial charge in [-0.1, -0.05) is 38.8 Å². The van der Waals surface area contributed by atoms with E-state index in [4.69, 9.17) is 10.5 Å². The molecule has 0 spiro atoms. The van der Waals surface area contributed by atoms with E-state index in [9.17, 15) is 5.11 Å². The van der Waals surface area contributed by atoms with Crippen LogP contribution in [-0.4, -0.2) is 24.9 Å². The van der Waals surface area contributed by atoms with Crippen LogP contribution in [0.1, 0.15) is 51.0 Å². The molecular weight excluding hydrogens is 250 g/mol. The molecule has 1 rings (SSSR count). The molecule has 2 unspecified atom stereocenters. The molecule has 0 aliphatic heterocycles. The molecule has 2 atom stereocenters. The van der Waals surface area contributed by atoms with Crippen LogP contribution in [0.25, 0.3) is 0 Å². The van der Waals surface area contributed by atoms with Gasteiger partial charge in [-0.15, -0.1) is 0 Å². The first-order valence-electron chi connectivity index (χ1n) is 7.74. The third-order valence-electron chi connectivity index (χ3n) is 3.74. The molecule has 0 aromatic heterocycles. The monoisotopic (exact) mass is 279 g/mol. The van der Waals surface area contributed by atoms with Crippen molar-refractivity contribution in [2.75, 3.05) is 19.8 Å². The lowest BCUT2D eigenvalue weighted by Crippen LogP contribution is -2.20. The average molecular weight is 279 g/mol. The molecule has 3 heteroatoms. The van der Waals surface area contributed by atoms with Crippen LogP contribution in [0.15, 0.2) is 24.3 Å². The Hall–Kier alpha value is -1.06. The molecule has 0 aliphatic carbocycles. The minimum absolute atomic E-state index is 0.166. The van der Waals surface area contributed by atoms with Crippen LogP contribution in [-0.2, 0) is 0 Å².